The molecule has 0 radical (unpaired) electrons. The second kappa shape index (κ2) is 5.11. The number of rotatable bonds is 4. The molecule has 0 aliphatic carbocycles. The lowest BCUT2D eigenvalue weighted by Crippen LogP contribution is -2.14. The Morgan fingerprint density at radius 3 is 3.18 bits per heavy atom. The van der Waals surface area contributed by atoms with E-state index in [-0.39, 0.29) is 6.10 Å². The van der Waals surface area contributed by atoms with Gasteiger partial charge in [-0.15, -0.1) is 0 Å². The van der Waals surface area contributed by atoms with Crippen LogP contribution in [-0.4, -0.2) is 25.9 Å². The number of nitriles is 1. The van der Waals surface area contributed by atoms with Crippen molar-refractivity contribution in [1.82, 2.24) is 0 Å². The summed E-state index contributed by atoms with van der Waals surface area (Å²) < 4.78 is 10.5. The average Bonchev–Trinajstić information content (AvgIpc) is 2.50. The lowest BCUT2D eigenvalue weighted by molar-refractivity contribution is 0.0191. The molecule has 62 valence electrons. The van der Waals surface area contributed by atoms with Gasteiger partial charge < -0.3 is 9.47 Å². The van der Waals surface area contributed by atoms with Crippen molar-refractivity contribution < 1.29 is 9.47 Å². The predicted molar refractivity (Wildman–Crippen MR) is 40.0 cm³/mol. The fourth-order valence-corrected chi connectivity index (χ4v) is 1.11. The maximum absolute atomic E-state index is 8.20. The van der Waals surface area contributed by atoms with Gasteiger partial charge in [0.05, 0.1) is 31.8 Å². The molecule has 11 heavy (non-hydrogen) atoms. The Labute approximate surface area is 66.9 Å². The third-order valence-electron chi connectivity index (χ3n) is 1.69. The Bertz CT molecular complexity index is 136. The third kappa shape index (κ3) is 3.35. The number of nitrogens with zero attached hydrogens (tertiary/aromatic N) is 1. The van der Waals surface area contributed by atoms with Gasteiger partial charge in [-0.2, -0.15) is 5.26 Å². The number of hydrogen-bond acceptors (Lipinski definition) is 3. The molecule has 0 aromatic heterocycles. The van der Waals surface area contributed by atoms with Gasteiger partial charge in [-0.25, -0.2) is 0 Å². The van der Waals surface area contributed by atoms with Crippen molar-refractivity contribution in [2.45, 2.75) is 25.4 Å². The Kier molecular flexibility index (Phi) is 3.95. The molecule has 1 heterocycles. The number of hydrogen-bond donors (Lipinski definition) is 0. The van der Waals surface area contributed by atoms with Crippen molar-refractivity contribution in [2.24, 2.45) is 0 Å². The first-order chi connectivity index (χ1) is 5.43. The van der Waals surface area contributed by atoms with E-state index in [1.54, 1.807) is 0 Å². The molecule has 0 amide bonds. The topological polar surface area (TPSA) is 42.2 Å². The molecule has 1 aliphatic heterocycles. The SMILES string of the molecule is N#CCCOCC1CCCO1. The fraction of sp³-hybridized carbons (Fsp3) is 0.875. The van der Waals surface area contributed by atoms with Crippen LogP contribution in [0.1, 0.15) is 19.3 Å². The van der Waals surface area contributed by atoms with E-state index >= 15 is 0 Å². The van der Waals surface area contributed by atoms with Gasteiger partial charge in [0, 0.05) is 6.61 Å². The van der Waals surface area contributed by atoms with Crippen LogP contribution in [0.4, 0.5) is 0 Å². The molecule has 0 aromatic carbocycles. The Morgan fingerprint density at radius 2 is 2.55 bits per heavy atom. The molecule has 0 spiro atoms. The standard InChI is InChI=1S/C8H13NO2/c9-4-2-5-10-7-8-3-1-6-11-8/h8H,1-3,5-7H2. The van der Waals surface area contributed by atoms with Gasteiger partial charge in [0.15, 0.2) is 0 Å². The molecule has 0 N–H and O–H groups in total. The van der Waals surface area contributed by atoms with Crippen molar-refractivity contribution in [3.8, 4) is 6.07 Å². The zero-order valence-electron chi connectivity index (χ0n) is 6.58. The molecule has 1 atom stereocenters. The zero-order valence-corrected chi connectivity index (χ0v) is 6.58. The summed E-state index contributed by atoms with van der Waals surface area (Å²) in [6.07, 6.45) is 3.01. The minimum atomic E-state index is 0.286. The third-order valence-corrected chi connectivity index (χ3v) is 1.69. The maximum atomic E-state index is 8.20. The van der Waals surface area contributed by atoms with E-state index in [9.17, 15) is 0 Å². The normalized spacial score (nSPS) is 23.4. The molecule has 3 nitrogen and oxygen atoms in total. The highest BCUT2D eigenvalue weighted by Gasteiger charge is 2.14. The summed E-state index contributed by atoms with van der Waals surface area (Å²) in [6.45, 7) is 2.06. The molecule has 3 heteroatoms. The lowest BCUT2D eigenvalue weighted by Gasteiger charge is -2.07. The Balaban J connectivity index is 1.90. The molecule has 0 saturated carbocycles. The van der Waals surface area contributed by atoms with Gasteiger partial charge in [-0.05, 0) is 12.8 Å². The van der Waals surface area contributed by atoms with E-state index in [1.807, 2.05) is 6.07 Å². The molecule has 1 unspecified atom stereocenters. The van der Waals surface area contributed by atoms with Gasteiger partial charge in [0.1, 0.15) is 0 Å². The summed E-state index contributed by atoms with van der Waals surface area (Å²) in [4.78, 5) is 0. The summed E-state index contributed by atoms with van der Waals surface area (Å²) in [7, 11) is 0. The highest BCUT2D eigenvalue weighted by Crippen LogP contribution is 2.11. The van der Waals surface area contributed by atoms with E-state index in [2.05, 4.69) is 0 Å². The molecule has 0 aromatic rings. The summed E-state index contributed by atoms with van der Waals surface area (Å²) in [5.74, 6) is 0. The highest BCUT2D eigenvalue weighted by atomic mass is 16.5. The Morgan fingerprint density at radius 1 is 1.64 bits per heavy atom. The van der Waals surface area contributed by atoms with Crippen LogP contribution in [0.5, 0.6) is 0 Å². The predicted octanol–water partition coefficient (Wildman–Crippen LogP) is 1.10. The van der Waals surface area contributed by atoms with Crippen LogP contribution in [-0.2, 0) is 9.47 Å². The van der Waals surface area contributed by atoms with Gasteiger partial charge in [0.2, 0.25) is 0 Å². The highest BCUT2D eigenvalue weighted by molar-refractivity contribution is 4.68. The molecule has 1 fully saturated rings. The molecule has 1 aliphatic rings. The van der Waals surface area contributed by atoms with Crippen LogP contribution in [0.25, 0.3) is 0 Å². The summed E-state index contributed by atoms with van der Waals surface area (Å²) in [5.41, 5.74) is 0. The molecular formula is C8H13NO2. The molecule has 1 rings (SSSR count). The molecule has 1 saturated heterocycles. The smallest absolute Gasteiger partial charge is 0.0809 e. The van der Waals surface area contributed by atoms with Gasteiger partial charge >= 0.3 is 0 Å². The maximum Gasteiger partial charge on any atom is 0.0809 e. The summed E-state index contributed by atoms with van der Waals surface area (Å²) in [5, 5.41) is 8.20. The van der Waals surface area contributed by atoms with E-state index in [0.717, 1.165) is 19.4 Å². The van der Waals surface area contributed by atoms with E-state index in [1.165, 1.54) is 0 Å². The first kappa shape index (κ1) is 8.51. The summed E-state index contributed by atoms with van der Waals surface area (Å²) in [6, 6.07) is 2.03. The van der Waals surface area contributed by atoms with Gasteiger partial charge in [0.25, 0.3) is 0 Å². The number of ether oxygens (including phenoxy) is 2. The quantitative estimate of drug-likeness (QED) is 0.571. The van der Waals surface area contributed by atoms with Gasteiger partial charge in [-0.3, -0.25) is 0 Å². The van der Waals surface area contributed by atoms with Crippen molar-refractivity contribution in [3.63, 3.8) is 0 Å². The van der Waals surface area contributed by atoms with Crippen LogP contribution in [0.15, 0.2) is 0 Å². The minimum absolute atomic E-state index is 0.286. The largest absolute Gasteiger partial charge is 0.378 e. The first-order valence-electron chi connectivity index (χ1n) is 4.00. The van der Waals surface area contributed by atoms with Crippen molar-refractivity contribution in [3.05, 3.63) is 0 Å². The van der Waals surface area contributed by atoms with Crippen LogP contribution < -0.4 is 0 Å². The van der Waals surface area contributed by atoms with Crippen LogP contribution in [0.2, 0.25) is 0 Å². The second-order valence-corrected chi connectivity index (χ2v) is 2.62. The molecule has 0 bridgehead atoms. The minimum Gasteiger partial charge on any atom is -0.378 e. The van der Waals surface area contributed by atoms with Gasteiger partial charge in [-0.1, -0.05) is 0 Å². The lowest BCUT2D eigenvalue weighted by atomic mass is 10.2. The van der Waals surface area contributed by atoms with Crippen LogP contribution >= 0.6 is 0 Å². The molecular weight excluding hydrogens is 142 g/mol. The second-order valence-electron chi connectivity index (χ2n) is 2.62. The van der Waals surface area contributed by atoms with E-state index in [4.69, 9.17) is 14.7 Å². The summed E-state index contributed by atoms with van der Waals surface area (Å²) >= 11 is 0. The Hall–Kier alpha value is -0.590. The monoisotopic (exact) mass is 155 g/mol. The first-order valence-corrected chi connectivity index (χ1v) is 4.00. The zero-order chi connectivity index (χ0) is 7.94. The van der Waals surface area contributed by atoms with Crippen LogP contribution in [0.3, 0.4) is 0 Å². The van der Waals surface area contributed by atoms with Crippen LogP contribution in [0, 0.1) is 11.3 Å². The fourth-order valence-electron chi connectivity index (χ4n) is 1.11. The average molecular weight is 155 g/mol. The van der Waals surface area contributed by atoms with Crippen molar-refractivity contribution in [1.29, 1.82) is 5.26 Å². The van der Waals surface area contributed by atoms with E-state index in [0.29, 0.717) is 19.6 Å². The van der Waals surface area contributed by atoms with Crippen molar-refractivity contribution in [2.75, 3.05) is 19.8 Å². The van der Waals surface area contributed by atoms with E-state index < -0.39 is 0 Å². The van der Waals surface area contributed by atoms with Crippen molar-refractivity contribution >= 4 is 0 Å².